The quantitative estimate of drug-likeness (QED) is 0.400. The first-order chi connectivity index (χ1) is 14.2. The minimum atomic E-state index is -4.46. The molecule has 1 atom stereocenters. The van der Waals surface area contributed by atoms with Crippen molar-refractivity contribution in [3.8, 4) is 5.75 Å². The van der Waals surface area contributed by atoms with Crippen LogP contribution in [0.15, 0.2) is 66.7 Å². The average molecular weight is 436 g/mol. The van der Waals surface area contributed by atoms with Gasteiger partial charge in [-0.15, -0.1) is 0 Å². The number of carbonyl (C=O) groups excluding carboxylic acids is 1. The Morgan fingerprint density at radius 3 is 2.30 bits per heavy atom. The Hall–Kier alpha value is -3.19. The first-order valence-corrected chi connectivity index (χ1v) is 9.14. The zero-order valence-electron chi connectivity index (χ0n) is 15.7. The van der Waals surface area contributed by atoms with Gasteiger partial charge in [-0.1, -0.05) is 35.9 Å². The Morgan fingerprint density at radius 2 is 1.70 bits per heavy atom. The highest BCUT2D eigenvalue weighted by Crippen LogP contribution is 2.35. The summed E-state index contributed by atoms with van der Waals surface area (Å²) < 4.78 is 49.7. The van der Waals surface area contributed by atoms with Crippen molar-refractivity contribution in [2.45, 2.75) is 12.3 Å². The van der Waals surface area contributed by atoms with E-state index in [9.17, 15) is 18.0 Å². The summed E-state index contributed by atoms with van der Waals surface area (Å²) in [5.41, 5.74) is 6.44. The van der Waals surface area contributed by atoms with E-state index in [1.54, 1.807) is 30.3 Å². The van der Waals surface area contributed by atoms with Crippen LogP contribution >= 0.6 is 11.6 Å². The van der Waals surface area contributed by atoms with Crippen LogP contribution in [0.1, 0.15) is 33.2 Å². The van der Waals surface area contributed by atoms with Crippen LogP contribution in [0.2, 0.25) is 5.02 Å². The van der Waals surface area contributed by atoms with Gasteiger partial charge < -0.3 is 15.2 Å². The molecular weight excluding hydrogens is 419 g/mol. The van der Waals surface area contributed by atoms with E-state index in [2.05, 4.69) is 0 Å². The Morgan fingerprint density at radius 1 is 1.00 bits per heavy atom. The number of nitrogens with two attached hydrogens (primary N) is 1. The molecule has 0 saturated heterocycles. The third-order valence-corrected chi connectivity index (χ3v) is 4.58. The number of halogens is 4. The molecule has 0 fully saturated rings. The van der Waals surface area contributed by atoms with Crippen LogP contribution < -0.4 is 10.5 Å². The molecule has 0 spiro atoms. The summed E-state index contributed by atoms with van der Waals surface area (Å²) in [5, 5.41) is 0.429. The summed E-state index contributed by atoms with van der Waals surface area (Å²) in [6.07, 6.45) is -5.29. The Balaban J connectivity index is 2.07. The number of rotatable bonds is 5. The molecule has 0 aromatic heterocycles. The van der Waals surface area contributed by atoms with Crippen molar-refractivity contribution in [2.24, 2.45) is 0 Å². The third-order valence-electron chi connectivity index (χ3n) is 4.35. The van der Waals surface area contributed by atoms with Gasteiger partial charge in [0.15, 0.2) is 0 Å². The lowest BCUT2D eigenvalue weighted by atomic mass is 9.99. The minimum Gasteiger partial charge on any atom is -0.480 e. The second kappa shape index (κ2) is 8.67. The molecule has 0 radical (unpaired) electrons. The lowest BCUT2D eigenvalue weighted by molar-refractivity contribution is -0.137. The molecule has 30 heavy (non-hydrogen) atoms. The fraction of sp³-hybridized carbons (Fsp3) is 0.136. The van der Waals surface area contributed by atoms with Crippen LogP contribution in [-0.2, 0) is 10.9 Å². The van der Waals surface area contributed by atoms with E-state index in [-0.39, 0.29) is 11.3 Å². The van der Waals surface area contributed by atoms with Crippen molar-refractivity contribution in [3.05, 3.63) is 94.0 Å². The van der Waals surface area contributed by atoms with Crippen LogP contribution in [0.4, 0.5) is 18.9 Å². The predicted octanol–water partition coefficient (Wildman–Crippen LogP) is 5.90. The molecule has 4 nitrogen and oxygen atoms in total. The van der Waals surface area contributed by atoms with Crippen molar-refractivity contribution in [3.63, 3.8) is 0 Å². The molecule has 3 rings (SSSR count). The highest BCUT2D eigenvalue weighted by molar-refractivity contribution is 6.30. The molecule has 0 heterocycles. The number of methoxy groups -OCH3 is 1. The topological polar surface area (TPSA) is 61.5 Å². The third kappa shape index (κ3) is 4.86. The predicted molar refractivity (Wildman–Crippen MR) is 108 cm³/mol. The number of alkyl halides is 3. The van der Waals surface area contributed by atoms with Gasteiger partial charge in [0.05, 0.1) is 12.7 Å². The fourth-order valence-corrected chi connectivity index (χ4v) is 3.09. The molecule has 0 bridgehead atoms. The molecule has 8 heteroatoms. The number of benzene rings is 3. The van der Waals surface area contributed by atoms with Crippen molar-refractivity contribution in [1.29, 1.82) is 0 Å². The van der Waals surface area contributed by atoms with Gasteiger partial charge in [-0.05, 0) is 53.6 Å². The number of anilines is 1. The second-order valence-electron chi connectivity index (χ2n) is 6.42. The second-order valence-corrected chi connectivity index (χ2v) is 6.86. The van der Waals surface area contributed by atoms with Crippen molar-refractivity contribution < 1.29 is 27.4 Å². The summed E-state index contributed by atoms with van der Waals surface area (Å²) in [4.78, 5) is 12.1. The van der Waals surface area contributed by atoms with Gasteiger partial charge in [-0.25, -0.2) is 4.79 Å². The van der Waals surface area contributed by atoms with Gasteiger partial charge in [-0.2, -0.15) is 13.2 Å². The molecule has 0 aliphatic carbocycles. The van der Waals surface area contributed by atoms with Crippen LogP contribution in [0.3, 0.4) is 0 Å². The fourth-order valence-electron chi connectivity index (χ4n) is 2.89. The van der Waals surface area contributed by atoms with E-state index in [4.69, 9.17) is 26.8 Å². The number of hydrogen-bond donors (Lipinski definition) is 1. The molecule has 0 saturated carbocycles. The Kier molecular flexibility index (Phi) is 6.22. The molecule has 3 aromatic rings. The molecule has 2 N–H and O–H groups in total. The maximum Gasteiger partial charge on any atom is 0.416 e. The highest BCUT2D eigenvalue weighted by atomic mass is 35.5. The summed E-state index contributed by atoms with van der Waals surface area (Å²) in [6, 6.07) is 15.8. The zero-order chi connectivity index (χ0) is 21.9. The van der Waals surface area contributed by atoms with Crippen molar-refractivity contribution in [2.75, 3.05) is 12.8 Å². The summed E-state index contributed by atoms with van der Waals surface area (Å²) in [7, 11) is 1.22. The Labute approximate surface area is 176 Å². The maximum atomic E-state index is 13.0. The lowest BCUT2D eigenvalue weighted by Gasteiger charge is -2.22. The lowest BCUT2D eigenvalue weighted by Crippen LogP contribution is -2.14. The van der Waals surface area contributed by atoms with Gasteiger partial charge in [0.1, 0.15) is 17.4 Å². The smallest absolute Gasteiger partial charge is 0.416 e. The summed E-state index contributed by atoms with van der Waals surface area (Å²) >= 11 is 6.09. The van der Waals surface area contributed by atoms with Gasteiger partial charge in [0, 0.05) is 10.7 Å². The van der Waals surface area contributed by atoms with Crippen molar-refractivity contribution in [1.82, 2.24) is 0 Å². The van der Waals surface area contributed by atoms with Gasteiger partial charge in [0.2, 0.25) is 0 Å². The highest BCUT2D eigenvalue weighted by Gasteiger charge is 2.30. The minimum absolute atomic E-state index is 0.0939. The molecule has 3 aromatic carbocycles. The molecule has 0 aliphatic rings. The monoisotopic (exact) mass is 435 g/mol. The average Bonchev–Trinajstić information content (AvgIpc) is 2.71. The first-order valence-electron chi connectivity index (χ1n) is 8.76. The zero-order valence-corrected chi connectivity index (χ0v) is 16.5. The van der Waals surface area contributed by atoms with E-state index in [1.807, 2.05) is 0 Å². The van der Waals surface area contributed by atoms with E-state index >= 15 is 0 Å². The van der Waals surface area contributed by atoms with Gasteiger partial charge >= 0.3 is 12.1 Å². The van der Waals surface area contributed by atoms with E-state index in [1.165, 1.54) is 31.4 Å². The molecule has 0 amide bonds. The van der Waals surface area contributed by atoms with Crippen LogP contribution in [-0.4, -0.2) is 13.1 Å². The SMILES string of the molecule is COC(=O)c1cc(N)ccc1OC(c1ccc(C(F)(F)F)cc1)c1cccc(Cl)c1. The number of hydrogen-bond acceptors (Lipinski definition) is 4. The molecule has 1 unspecified atom stereocenters. The largest absolute Gasteiger partial charge is 0.480 e. The normalized spacial score (nSPS) is 12.3. The summed E-state index contributed by atoms with van der Waals surface area (Å²) in [5.74, 6) is -0.490. The van der Waals surface area contributed by atoms with E-state index in [0.29, 0.717) is 21.8 Å². The van der Waals surface area contributed by atoms with E-state index < -0.39 is 23.8 Å². The Bertz CT molecular complexity index is 1050. The summed E-state index contributed by atoms with van der Waals surface area (Å²) in [6.45, 7) is 0. The van der Waals surface area contributed by atoms with E-state index in [0.717, 1.165) is 12.1 Å². The first kappa shape index (κ1) is 21.5. The van der Waals surface area contributed by atoms with Gasteiger partial charge in [-0.3, -0.25) is 0 Å². The number of esters is 1. The number of ether oxygens (including phenoxy) is 2. The molecule has 0 aliphatic heterocycles. The van der Waals surface area contributed by atoms with Crippen molar-refractivity contribution >= 4 is 23.3 Å². The van der Waals surface area contributed by atoms with Gasteiger partial charge in [0.25, 0.3) is 0 Å². The maximum absolute atomic E-state index is 13.0. The van der Waals surface area contributed by atoms with Crippen LogP contribution in [0.25, 0.3) is 0 Å². The molecular formula is C22H17ClF3NO3. The standard InChI is InChI=1S/C22H17ClF3NO3/c1-29-21(28)18-12-17(27)9-10-19(18)30-20(14-3-2-4-16(23)11-14)13-5-7-15(8-6-13)22(24,25)26/h2-12,20H,27H2,1H3. The van der Waals surface area contributed by atoms with Crippen LogP contribution in [0.5, 0.6) is 5.75 Å². The number of nitrogen functional groups attached to an aromatic ring is 1. The molecule has 156 valence electrons. The number of carbonyl (C=O) groups is 1. The van der Waals surface area contributed by atoms with Crippen LogP contribution in [0, 0.1) is 0 Å².